The molecule has 0 fully saturated rings. The summed E-state index contributed by atoms with van der Waals surface area (Å²) in [6.07, 6.45) is 1.83. The molecular weight excluding hydrogens is 150 g/mol. The average Bonchev–Trinajstić information content (AvgIpc) is 2.09. The van der Waals surface area contributed by atoms with E-state index >= 15 is 0 Å². The predicted molar refractivity (Wildman–Crippen MR) is 52.6 cm³/mol. The van der Waals surface area contributed by atoms with E-state index in [1.54, 1.807) is 0 Å². The molecule has 0 radical (unpaired) electrons. The first-order valence-electron chi connectivity index (χ1n) is 4.30. The molecule has 1 aromatic rings. The molecule has 0 amide bonds. The summed E-state index contributed by atoms with van der Waals surface area (Å²) in [7, 11) is 0. The van der Waals surface area contributed by atoms with E-state index in [0.717, 1.165) is 24.6 Å². The molecule has 0 aliphatic rings. The van der Waals surface area contributed by atoms with Gasteiger partial charge >= 0.3 is 0 Å². The van der Waals surface area contributed by atoms with Crippen molar-refractivity contribution in [2.24, 2.45) is 0 Å². The Bertz CT molecular complexity index is 193. The van der Waals surface area contributed by atoms with E-state index < -0.39 is 0 Å². The number of pyridine rings is 1. The van der Waals surface area contributed by atoms with Crippen molar-refractivity contribution in [1.82, 2.24) is 4.98 Å². The molecule has 3 nitrogen and oxygen atoms in total. The van der Waals surface area contributed by atoms with Crippen LogP contribution < -0.4 is 10.6 Å². The second kappa shape index (κ2) is 4.59. The minimum absolute atomic E-state index is 0.910. The van der Waals surface area contributed by atoms with Crippen molar-refractivity contribution in [1.29, 1.82) is 0 Å². The van der Waals surface area contributed by atoms with Gasteiger partial charge in [-0.1, -0.05) is 0 Å². The van der Waals surface area contributed by atoms with Gasteiger partial charge in [-0.2, -0.15) is 0 Å². The maximum Gasteiger partial charge on any atom is 0.126 e. The highest BCUT2D eigenvalue weighted by atomic mass is 15.0. The van der Waals surface area contributed by atoms with Crippen LogP contribution in [-0.4, -0.2) is 18.1 Å². The summed E-state index contributed by atoms with van der Waals surface area (Å²) in [4.78, 5) is 4.21. The molecule has 0 atom stereocenters. The number of hydrogen-bond donors (Lipinski definition) is 2. The second-order valence-electron chi connectivity index (χ2n) is 2.49. The van der Waals surface area contributed by atoms with Crippen LogP contribution in [0.3, 0.4) is 0 Å². The third-order valence-corrected chi connectivity index (χ3v) is 1.50. The van der Waals surface area contributed by atoms with E-state index in [-0.39, 0.29) is 0 Å². The Morgan fingerprint density at radius 3 is 2.42 bits per heavy atom. The van der Waals surface area contributed by atoms with Crippen LogP contribution in [0.4, 0.5) is 11.5 Å². The second-order valence-corrected chi connectivity index (χ2v) is 2.49. The van der Waals surface area contributed by atoms with Crippen LogP contribution in [-0.2, 0) is 0 Å². The molecule has 1 rings (SSSR count). The van der Waals surface area contributed by atoms with Gasteiger partial charge < -0.3 is 10.6 Å². The lowest BCUT2D eigenvalue weighted by Crippen LogP contribution is -2.00. The first-order valence-corrected chi connectivity index (χ1v) is 4.30. The van der Waals surface area contributed by atoms with Gasteiger partial charge in [0.15, 0.2) is 0 Å². The fraction of sp³-hybridized carbons (Fsp3) is 0.444. The minimum atomic E-state index is 0.910. The van der Waals surface area contributed by atoms with Gasteiger partial charge in [-0.05, 0) is 26.0 Å². The van der Waals surface area contributed by atoms with Gasteiger partial charge in [-0.25, -0.2) is 4.98 Å². The molecule has 12 heavy (non-hydrogen) atoms. The zero-order valence-electron chi connectivity index (χ0n) is 7.59. The number of nitrogens with zero attached hydrogens (tertiary/aromatic N) is 1. The summed E-state index contributed by atoms with van der Waals surface area (Å²) in [5.41, 5.74) is 1.07. The fourth-order valence-corrected chi connectivity index (χ4v) is 0.988. The maximum absolute atomic E-state index is 4.21. The first-order chi connectivity index (χ1) is 5.86. The van der Waals surface area contributed by atoms with E-state index in [1.807, 2.05) is 18.3 Å². The maximum atomic E-state index is 4.21. The van der Waals surface area contributed by atoms with Crippen molar-refractivity contribution in [3.8, 4) is 0 Å². The summed E-state index contributed by atoms with van der Waals surface area (Å²) in [5, 5.41) is 6.32. The van der Waals surface area contributed by atoms with Crippen LogP contribution >= 0.6 is 0 Å². The van der Waals surface area contributed by atoms with E-state index in [9.17, 15) is 0 Å². The van der Waals surface area contributed by atoms with E-state index in [1.165, 1.54) is 0 Å². The lowest BCUT2D eigenvalue weighted by Gasteiger charge is -2.04. The number of hydrogen-bond acceptors (Lipinski definition) is 3. The largest absolute Gasteiger partial charge is 0.384 e. The zero-order chi connectivity index (χ0) is 8.81. The molecule has 0 aliphatic heterocycles. The summed E-state index contributed by atoms with van der Waals surface area (Å²) in [6.45, 7) is 5.97. The Balaban J connectivity index is 2.58. The van der Waals surface area contributed by atoms with Gasteiger partial charge in [0.2, 0.25) is 0 Å². The van der Waals surface area contributed by atoms with Crippen LogP contribution in [0.25, 0.3) is 0 Å². The third-order valence-electron chi connectivity index (χ3n) is 1.50. The number of rotatable bonds is 4. The summed E-state index contributed by atoms with van der Waals surface area (Å²) in [5.74, 6) is 0.930. The third kappa shape index (κ3) is 2.42. The Kier molecular flexibility index (Phi) is 3.38. The molecule has 0 aromatic carbocycles. The molecule has 0 saturated heterocycles. The molecule has 0 spiro atoms. The van der Waals surface area contributed by atoms with Crippen LogP contribution in [0.5, 0.6) is 0 Å². The smallest absolute Gasteiger partial charge is 0.126 e. The zero-order valence-corrected chi connectivity index (χ0v) is 7.59. The van der Waals surface area contributed by atoms with E-state index in [0.29, 0.717) is 0 Å². The number of nitrogens with one attached hydrogen (secondary N) is 2. The fourth-order valence-electron chi connectivity index (χ4n) is 0.988. The molecule has 66 valence electrons. The van der Waals surface area contributed by atoms with Crippen LogP contribution in [0.1, 0.15) is 13.8 Å². The van der Waals surface area contributed by atoms with Gasteiger partial charge in [-0.15, -0.1) is 0 Å². The monoisotopic (exact) mass is 165 g/mol. The average molecular weight is 165 g/mol. The van der Waals surface area contributed by atoms with Crippen molar-refractivity contribution in [3.63, 3.8) is 0 Å². The molecule has 2 N–H and O–H groups in total. The molecule has 1 aromatic heterocycles. The Morgan fingerprint density at radius 1 is 1.17 bits per heavy atom. The topological polar surface area (TPSA) is 37.0 Å². The molecule has 3 heteroatoms. The van der Waals surface area contributed by atoms with Crippen molar-refractivity contribution in [3.05, 3.63) is 18.3 Å². The van der Waals surface area contributed by atoms with E-state index in [4.69, 9.17) is 0 Å². The standard InChI is InChI=1S/C9H15N3/c1-3-10-8-5-6-9(11-4-2)12-7-8/h5-7,10H,3-4H2,1-2H3,(H,11,12). The summed E-state index contributed by atoms with van der Waals surface area (Å²) >= 11 is 0. The molecular formula is C9H15N3. The lowest BCUT2D eigenvalue weighted by molar-refractivity contribution is 1.15. The van der Waals surface area contributed by atoms with Crippen LogP contribution in [0.15, 0.2) is 18.3 Å². The highest BCUT2D eigenvalue weighted by molar-refractivity contribution is 5.46. The Hall–Kier alpha value is -1.25. The van der Waals surface area contributed by atoms with Crippen LogP contribution in [0.2, 0.25) is 0 Å². The summed E-state index contributed by atoms with van der Waals surface area (Å²) < 4.78 is 0. The molecule has 0 unspecified atom stereocenters. The van der Waals surface area contributed by atoms with Crippen molar-refractivity contribution >= 4 is 11.5 Å². The first kappa shape index (κ1) is 8.84. The minimum Gasteiger partial charge on any atom is -0.384 e. The normalized spacial score (nSPS) is 9.50. The highest BCUT2D eigenvalue weighted by Gasteiger charge is 1.91. The van der Waals surface area contributed by atoms with Crippen molar-refractivity contribution < 1.29 is 0 Å². The van der Waals surface area contributed by atoms with E-state index in [2.05, 4.69) is 29.5 Å². The quantitative estimate of drug-likeness (QED) is 0.716. The highest BCUT2D eigenvalue weighted by Crippen LogP contribution is 2.08. The van der Waals surface area contributed by atoms with Crippen molar-refractivity contribution in [2.75, 3.05) is 23.7 Å². The van der Waals surface area contributed by atoms with Gasteiger partial charge in [0.1, 0.15) is 5.82 Å². The van der Waals surface area contributed by atoms with Gasteiger partial charge in [-0.3, -0.25) is 0 Å². The van der Waals surface area contributed by atoms with Crippen molar-refractivity contribution in [2.45, 2.75) is 13.8 Å². The number of aromatic nitrogens is 1. The Labute approximate surface area is 73.2 Å². The van der Waals surface area contributed by atoms with Gasteiger partial charge in [0.05, 0.1) is 11.9 Å². The molecule has 0 aliphatic carbocycles. The molecule has 0 bridgehead atoms. The Morgan fingerprint density at radius 2 is 1.92 bits per heavy atom. The SMILES string of the molecule is CCNc1ccc(NCC)nc1. The predicted octanol–water partition coefficient (Wildman–Crippen LogP) is 1.95. The van der Waals surface area contributed by atoms with Gasteiger partial charge in [0.25, 0.3) is 0 Å². The van der Waals surface area contributed by atoms with Gasteiger partial charge in [0, 0.05) is 13.1 Å². The summed E-state index contributed by atoms with van der Waals surface area (Å²) in [6, 6.07) is 4.00. The number of anilines is 2. The molecule has 0 saturated carbocycles. The van der Waals surface area contributed by atoms with Crippen LogP contribution in [0, 0.1) is 0 Å². The lowest BCUT2D eigenvalue weighted by atomic mass is 10.4. The molecule has 1 heterocycles.